The van der Waals surface area contributed by atoms with E-state index in [1.165, 1.54) is 5.56 Å². The van der Waals surface area contributed by atoms with Crippen LogP contribution in [0.15, 0.2) is 10.5 Å². The van der Waals surface area contributed by atoms with Crippen molar-refractivity contribution < 1.29 is 9.15 Å². The molecule has 1 N–H and O–H groups in total. The zero-order valence-corrected chi connectivity index (χ0v) is 13.5. The predicted octanol–water partition coefficient (Wildman–Crippen LogP) is 2.70. The van der Waals surface area contributed by atoms with E-state index in [0.29, 0.717) is 6.10 Å². The Kier molecular flexibility index (Phi) is 4.89. The molecule has 1 aliphatic rings. The van der Waals surface area contributed by atoms with Crippen molar-refractivity contribution in [1.82, 2.24) is 10.2 Å². The van der Waals surface area contributed by atoms with Crippen molar-refractivity contribution in [1.29, 1.82) is 0 Å². The normalized spacial score (nSPS) is 21.4. The van der Waals surface area contributed by atoms with E-state index >= 15 is 0 Å². The minimum absolute atomic E-state index is 0.110. The molecule has 1 aliphatic heterocycles. The third-order valence-electron chi connectivity index (χ3n) is 3.56. The molecule has 1 unspecified atom stereocenters. The Morgan fingerprint density at radius 1 is 1.40 bits per heavy atom. The highest BCUT2D eigenvalue weighted by Gasteiger charge is 2.19. The smallest absolute Gasteiger partial charge is 0.120 e. The molecule has 1 aromatic heterocycles. The quantitative estimate of drug-likeness (QED) is 0.920. The van der Waals surface area contributed by atoms with Crippen LogP contribution in [0, 0.1) is 6.92 Å². The number of ether oxygens (including phenoxy) is 1. The van der Waals surface area contributed by atoms with E-state index < -0.39 is 0 Å². The summed E-state index contributed by atoms with van der Waals surface area (Å²) >= 11 is 0. The Morgan fingerprint density at radius 3 is 2.80 bits per heavy atom. The Bertz CT molecular complexity index is 434. The maximum absolute atomic E-state index is 6.00. The van der Waals surface area contributed by atoms with E-state index in [2.05, 4.69) is 50.9 Å². The number of rotatable bonds is 4. The molecule has 0 aromatic carbocycles. The van der Waals surface area contributed by atoms with Gasteiger partial charge >= 0.3 is 0 Å². The molecule has 0 amide bonds. The van der Waals surface area contributed by atoms with Gasteiger partial charge < -0.3 is 14.5 Å². The molecule has 20 heavy (non-hydrogen) atoms. The second kappa shape index (κ2) is 6.29. The molecule has 2 heterocycles. The van der Waals surface area contributed by atoms with Crippen LogP contribution in [0.3, 0.4) is 0 Å². The molecule has 0 spiro atoms. The second-order valence-electron chi connectivity index (χ2n) is 6.84. The van der Waals surface area contributed by atoms with Gasteiger partial charge in [-0.15, -0.1) is 0 Å². The van der Waals surface area contributed by atoms with Gasteiger partial charge in [-0.3, -0.25) is 4.90 Å². The molecule has 114 valence electrons. The van der Waals surface area contributed by atoms with Crippen molar-refractivity contribution in [2.75, 3.05) is 19.7 Å². The Labute approximate surface area is 122 Å². The number of hydrogen-bond donors (Lipinski definition) is 1. The average molecular weight is 280 g/mol. The summed E-state index contributed by atoms with van der Waals surface area (Å²) in [5, 5.41) is 3.48. The fraction of sp³-hybridized carbons (Fsp3) is 0.750. The van der Waals surface area contributed by atoms with Gasteiger partial charge in [0.25, 0.3) is 0 Å². The van der Waals surface area contributed by atoms with Crippen molar-refractivity contribution in [3.8, 4) is 0 Å². The number of furan rings is 1. The van der Waals surface area contributed by atoms with Gasteiger partial charge in [0.2, 0.25) is 0 Å². The SMILES string of the molecule is Cc1cc(CN2CCOC(C)C2)oc1CNC(C)(C)C. The molecular weight excluding hydrogens is 252 g/mol. The van der Waals surface area contributed by atoms with Crippen LogP contribution < -0.4 is 5.32 Å². The number of morpholine rings is 1. The summed E-state index contributed by atoms with van der Waals surface area (Å²) < 4.78 is 11.6. The lowest BCUT2D eigenvalue weighted by atomic mass is 10.1. The molecule has 1 aromatic rings. The first-order valence-corrected chi connectivity index (χ1v) is 7.50. The zero-order chi connectivity index (χ0) is 14.8. The van der Waals surface area contributed by atoms with Gasteiger partial charge in [0.15, 0.2) is 0 Å². The third-order valence-corrected chi connectivity index (χ3v) is 3.56. The van der Waals surface area contributed by atoms with Gasteiger partial charge in [0.05, 0.1) is 25.8 Å². The average Bonchev–Trinajstić information content (AvgIpc) is 2.66. The lowest BCUT2D eigenvalue weighted by Crippen LogP contribution is -2.40. The lowest BCUT2D eigenvalue weighted by molar-refractivity contribution is -0.0231. The largest absolute Gasteiger partial charge is 0.463 e. The molecule has 4 nitrogen and oxygen atoms in total. The van der Waals surface area contributed by atoms with Gasteiger partial charge in [0.1, 0.15) is 11.5 Å². The maximum atomic E-state index is 6.00. The maximum Gasteiger partial charge on any atom is 0.120 e. The van der Waals surface area contributed by atoms with Gasteiger partial charge in [-0.25, -0.2) is 0 Å². The van der Waals surface area contributed by atoms with E-state index in [9.17, 15) is 0 Å². The summed E-state index contributed by atoms with van der Waals surface area (Å²) in [7, 11) is 0. The molecule has 0 bridgehead atoms. The number of nitrogens with zero attached hydrogens (tertiary/aromatic N) is 1. The topological polar surface area (TPSA) is 37.6 Å². The van der Waals surface area contributed by atoms with Crippen molar-refractivity contribution in [3.63, 3.8) is 0 Å². The van der Waals surface area contributed by atoms with E-state index in [0.717, 1.165) is 44.3 Å². The zero-order valence-electron chi connectivity index (χ0n) is 13.5. The summed E-state index contributed by atoms with van der Waals surface area (Å²) in [6.45, 7) is 15.2. The van der Waals surface area contributed by atoms with Crippen molar-refractivity contribution in [2.45, 2.75) is 59.4 Å². The first kappa shape index (κ1) is 15.5. The molecule has 2 rings (SSSR count). The fourth-order valence-electron chi connectivity index (χ4n) is 2.44. The molecular formula is C16H28N2O2. The predicted molar refractivity (Wildman–Crippen MR) is 80.7 cm³/mol. The van der Waals surface area contributed by atoms with Crippen LogP contribution >= 0.6 is 0 Å². The highest BCUT2D eigenvalue weighted by atomic mass is 16.5. The van der Waals surface area contributed by atoms with Crippen molar-refractivity contribution in [2.24, 2.45) is 0 Å². The van der Waals surface area contributed by atoms with Gasteiger partial charge in [-0.1, -0.05) is 0 Å². The first-order chi connectivity index (χ1) is 9.33. The summed E-state index contributed by atoms with van der Waals surface area (Å²) in [4.78, 5) is 2.40. The molecule has 1 fully saturated rings. The molecule has 1 saturated heterocycles. The number of hydrogen-bond acceptors (Lipinski definition) is 4. The van der Waals surface area contributed by atoms with E-state index in [4.69, 9.17) is 9.15 Å². The van der Waals surface area contributed by atoms with Crippen LogP contribution in [-0.2, 0) is 17.8 Å². The van der Waals surface area contributed by atoms with Crippen molar-refractivity contribution in [3.05, 3.63) is 23.2 Å². The van der Waals surface area contributed by atoms with Gasteiger partial charge in [-0.05, 0) is 46.2 Å². The summed E-state index contributed by atoms with van der Waals surface area (Å²) in [6, 6.07) is 2.17. The van der Waals surface area contributed by atoms with E-state index in [-0.39, 0.29) is 5.54 Å². The Hall–Kier alpha value is -0.840. The lowest BCUT2D eigenvalue weighted by Gasteiger charge is -2.30. The molecule has 4 heteroatoms. The van der Waals surface area contributed by atoms with Crippen LogP contribution in [0.4, 0.5) is 0 Å². The van der Waals surface area contributed by atoms with Crippen LogP contribution in [0.2, 0.25) is 0 Å². The van der Waals surface area contributed by atoms with Gasteiger partial charge in [-0.2, -0.15) is 0 Å². The van der Waals surface area contributed by atoms with Crippen molar-refractivity contribution >= 4 is 0 Å². The Morgan fingerprint density at radius 2 is 2.15 bits per heavy atom. The standard InChI is InChI=1S/C16H28N2O2/c1-12-8-14(11-18-6-7-19-13(2)10-18)20-15(12)9-17-16(3,4)5/h8,13,17H,6-7,9-11H2,1-5H3. The van der Waals surface area contributed by atoms with Crippen LogP contribution in [0.25, 0.3) is 0 Å². The van der Waals surface area contributed by atoms with Crippen LogP contribution in [0.1, 0.15) is 44.8 Å². The highest BCUT2D eigenvalue weighted by molar-refractivity contribution is 5.20. The minimum atomic E-state index is 0.110. The van der Waals surface area contributed by atoms with E-state index in [1.807, 2.05) is 0 Å². The summed E-state index contributed by atoms with van der Waals surface area (Å²) in [5.74, 6) is 2.11. The van der Waals surface area contributed by atoms with Crippen LogP contribution in [0.5, 0.6) is 0 Å². The van der Waals surface area contributed by atoms with Gasteiger partial charge in [0, 0.05) is 18.6 Å². The molecule has 0 saturated carbocycles. The fourth-order valence-corrected chi connectivity index (χ4v) is 2.44. The second-order valence-corrected chi connectivity index (χ2v) is 6.84. The molecule has 0 aliphatic carbocycles. The molecule has 1 atom stereocenters. The number of aryl methyl sites for hydroxylation is 1. The minimum Gasteiger partial charge on any atom is -0.463 e. The van der Waals surface area contributed by atoms with E-state index in [1.54, 1.807) is 0 Å². The number of nitrogens with one attached hydrogen (secondary N) is 1. The first-order valence-electron chi connectivity index (χ1n) is 7.50. The summed E-state index contributed by atoms with van der Waals surface area (Å²) in [5.41, 5.74) is 1.34. The summed E-state index contributed by atoms with van der Waals surface area (Å²) in [6.07, 6.45) is 0.321. The van der Waals surface area contributed by atoms with Crippen LogP contribution in [-0.4, -0.2) is 36.2 Å². The monoisotopic (exact) mass is 280 g/mol. The Balaban J connectivity index is 1.93. The third kappa shape index (κ3) is 4.62. The molecule has 0 radical (unpaired) electrons. The highest BCUT2D eigenvalue weighted by Crippen LogP contribution is 2.18.